The Morgan fingerprint density at radius 3 is 2.37 bits per heavy atom. The van der Waals surface area contributed by atoms with Crippen LogP contribution >= 0.6 is 23.7 Å². The Balaban J connectivity index is 0.00000320. The number of benzene rings is 2. The number of anilines is 1. The van der Waals surface area contributed by atoms with E-state index in [1.807, 2.05) is 19.1 Å². The number of ether oxygens (including phenoxy) is 1. The monoisotopic (exact) mass is 451 g/mol. The van der Waals surface area contributed by atoms with Crippen molar-refractivity contribution in [3.63, 3.8) is 0 Å². The lowest BCUT2D eigenvalue weighted by Crippen LogP contribution is -2.38. The summed E-state index contributed by atoms with van der Waals surface area (Å²) in [5, 5.41) is 0.620. The van der Waals surface area contributed by atoms with Crippen LogP contribution in [-0.2, 0) is 0 Å². The van der Waals surface area contributed by atoms with Gasteiger partial charge in [-0.1, -0.05) is 31.3 Å². The molecular formula is C22H27ClFN3O2S. The van der Waals surface area contributed by atoms with Crippen molar-refractivity contribution in [3.05, 3.63) is 53.3 Å². The number of halogens is 2. The van der Waals surface area contributed by atoms with Gasteiger partial charge in [0, 0.05) is 18.7 Å². The number of likely N-dealkylation sites (N-methyl/N-ethyl adjacent to an activating group) is 1. The van der Waals surface area contributed by atoms with E-state index in [2.05, 4.69) is 18.7 Å². The van der Waals surface area contributed by atoms with Gasteiger partial charge in [-0.3, -0.25) is 9.69 Å². The van der Waals surface area contributed by atoms with E-state index in [4.69, 9.17) is 9.72 Å². The maximum absolute atomic E-state index is 13.3. The van der Waals surface area contributed by atoms with E-state index >= 15 is 0 Å². The Morgan fingerprint density at radius 2 is 1.77 bits per heavy atom. The summed E-state index contributed by atoms with van der Waals surface area (Å²) in [6, 6.07) is 9.53. The maximum Gasteiger partial charge on any atom is 0.260 e. The van der Waals surface area contributed by atoms with Gasteiger partial charge in [0.15, 0.2) is 5.13 Å². The first-order chi connectivity index (χ1) is 14.0. The SMILES string of the molecule is CCN(CC)CCN(C(=O)c1ccc(F)cc1)c1nc2c(OC)ccc(C)c2s1.Cl. The number of rotatable bonds is 8. The number of hydrogen-bond acceptors (Lipinski definition) is 5. The minimum Gasteiger partial charge on any atom is -0.494 e. The molecule has 0 spiro atoms. The average molecular weight is 452 g/mol. The van der Waals surface area contributed by atoms with Crippen molar-refractivity contribution in [1.29, 1.82) is 0 Å². The fourth-order valence-corrected chi connectivity index (χ4v) is 4.27. The molecule has 0 atom stereocenters. The zero-order valence-corrected chi connectivity index (χ0v) is 19.3. The lowest BCUT2D eigenvalue weighted by Gasteiger charge is -2.24. The van der Waals surface area contributed by atoms with Gasteiger partial charge in [-0.15, -0.1) is 12.4 Å². The summed E-state index contributed by atoms with van der Waals surface area (Å²) in [5.74, 6) is 0.135. The molecule has 2 aromatic carbocycles. The summed E-state index contributed by atoms with van der Waals surface area (Å²) >= 11 is 1.48. The highest BCUT2D eigenvalue weighted by molar-refractivity contribution is 7.22. The Bertz CT molecular complexity index is 990. The van der Waals surface area contributed by atoms with Crippen LogP contribution in [0.2, 0.25) is 0 Å². The van der Waals surface area contributed by atoms with Crippen LogP contribution in [0.5, 0.6) is 5.75 Å². The second kappa shape index (κ2) is 10.7. The predicted molar refractivity (Wildman–Crippen MR) is 124 cm³/mol. The molecule has 30 heavy (non-hydrogen) atoms. The van der Waals surface area contributed by atoms with Gasteiger partial charge in [0.2, 0.25) is 0 Å². The van der Waals surface area contributed by atoms with Crippen LogP contribution in [0.3, 0.4) is 0 Å². The summed E-state index contributed by atoms with van der Waals surface area (Å²) in [6.07, 6.45) is 0. The van der Waals surface area contributed by atoms with Crippen LogP contribution < -0.4 is 9.64 Å². The smallest absolute Gasteiger partial charge is 0.260 e. The molecule has 0 N–H and O–H groups in total. The lowest BCUT2D eigenvalue weighted by atomic mass is 10.2. The summed E-state index contributed by atoms with van der Waals surface area (Å²) in [7, 11) is 1.62. The molecule has 0 fully saturated rings. The Labute approximate surface area is 186 Å². The fraction of sp³-hybridized carbons (Fsp3) is 0.364. The first-order valence-corrected chi connectivity index (χ1v) is 10.5. The van der Waals surface area contributed by atoms with Gasteiger partial charge < -0.3 is 9.64 Å². The van der Waals surface area contributed by atoms with Crippen LogP contribution in [0.1, 0.15) is 29.8 Å². The highest BCUT2D eigenvalue weighted by atomic mass is 35.5. The molecule has 0 bridgehead atoms. The molecule has 3 rings (SSSR count). The van der Waals surface area contributed by atoms with Crippen molar-refractivity contribution < 1.29 is 13.9 Å². The first kappa shape index (κ1) is 24.1. The van der Waals surface area contributed by atoms with E-state index in [1.54, 1.807) is 12.0 Å². The highest BCUT2D eigenvalue weighted by Crippen LogP contribution is 2.36. The molecule has 3 aromatic rings. The summed E-state index contributed by atoms with van der Waals surface area (Å²) in [5.41, 5.74) is 2.28. The Morgan fingerprint density at radius 1 is 1.10 bits per heavy atom. The Kier molecular flexibility index (Phi) is 8.58. The van der Waals surface area contributed by atoms with Gasteiger partial charge in [0.1, 0.15) is 17.1 Å². The summed E-state index contributed by atoms with van der Waals surface area (Å²) in [4.78, 5) is 22.0. The van der Waals surface area contributed by atoms with Crippen molar-refractivity contribution >= 4 is 45.0 Å². The molecule has 1 heterocycles. The fourth-order valence-electron chi connectivity index (χ4n) is 3.19. The second-order valence-corrected chi connectivity index (χ2v) is 7.73. The van der Waals surface area contributed by atoms with E-state index in [1.165, 1.54) is 35.6 Å². The van der Waals surface area contributed by atoms with E-state index in [9.17, 15) is 9.18 Å². The normalized spacial score (nSPS) is 10.9. The maximum atomic E-state index is 13.3. The van der Waals surface area contributed by atoms with Crippen LogP contribution in [0.25, 0.3) is 10.2 Å². The summed E-state index contributed by atoms with van der Waals surface area (Å²) < 4.78 is 19.8. The largest absolute Gasteiger partial charge is 0.494 e. The topological polar surface area (TPSA) is 45.7 Å². The van der Waals surface area contributed by atoms with Gasteiger partial charge in [0.05, 0.1) is 11.8 Å². The number of hydrogen-bond donors (Lipinski definition) is 0. The van der Waals surface area contributed by atoms with Crippen LogP contribution in [0.4, 0.5) is 9.52 Å². The standard InChI is InChI=1S/C22H26FN3O2S.ClH/c1-5-25(6-2)13-14-26(21(27)16-8-10-17(23)11-9-16)22-24-19-18(28-4)12-7-15(3)20(19)29-22;/h7-12H,5-6,13-14H2,1-4H3;1H. The molecule has 162 valence electrons. The quantitative estimate of drug-likeness (QED) is 0.474. The van der Waals surface area contributed by atoms with E-state index in [0.717, 1.165) is 35.4 Å². The van der Waals surface area contributed by atoms with Crippen molar-refractivity contribution in [1.82, 2.24) is 9.88 Å². The van der Waals surface area contributed by atoms with Gasteiger partial charge in [-0.2, -0.15) is 0 Å². The minimum absolute atomic E-state index is 0. The van der Waals surface area contributed by atoms with E-state index < -0.39 is 0 Å². The molecule has 0 aliphatic carbocycles. The predicted octanol–water partition coefficient (Wildman–Crippen LogP) is 5.16. The number of methoxy groups -OCH3 is 1. The van der Waals surface area contributed by atoms with Gasteiger partial charge in [-0.25, -0.2) is 9.37 Å². The van der Waals surface area contributed by atoms with Crippen LogP contribution in [0, 0.1) is 12.7 Å². The number of carbonyl (C=O) groups excluding carboxylic acids is 1. The molecule has 8 heteroatoms. The number of fused-ring (bicyclic) bond motifs is 1. The third kappa shape index (κ3) is 5.09. The lowest BCUT2D eigenvalue weighted by molar-refractivity contribution is 0.0983. The van der Waals surface area contributed by atoms with Crippen LogP contribution in [0.15, 0.2) is 36.4 Å². The van der Waals surface area contributed by atoms with Crippen molar-refractivity contribution in [2.75, 3.05) is 38.2 Å². The van der Waals surface area contributed by atoms with Crippen LogP contribution in [-0.4, -0.2) is 49.1 Å². The van der Waals surface area contributed by atoms with Crippen molar-refractivity contribution in [2.45, 2.75) is 20.8 Å². The number of amides is 1. The number of thiazole rings is 1. The van der Waals surface area contributed by atoms with Gasteiger partial charge >= 0.3 is 0 Å². The molecule has 0 aliphatic heterocycles. The Hall–Kier alpha value is -2.22. The number of aromatic nitrogens is 1. The zero-order chi connectivity index (χ0) is 21.0. The molecule has 0 radical (unpaired) electrons. The molecule has 1 amide bonds. The van der Waals surface area contributed by atoms with Gasteiger partial charge in [0.25, 0.3) is 5.91 Å². The number of nitrogens with zero attached hydrogens (tertiary/aromatic N) is 3. The molecular weight excluding hydrogens is 425 g/mol. The summed E-state index contributed by atoms with van der Waals surface area (Å²) in [6.45, 7) is 9.25. The molecule has 0 saturated carbocycles. The highest BCUT2D eigenvalue weighted by Gasteiger charge is 2.23. The van der Waals surface area contributed by atoms with Gasteiger partial charge in [-0.05, 0) is 55.9 Å². The minimum atomic E-state index is -0.364. The van der Waals surface area contributed by atoms with Crippen molar-refractivity contribution in [3.8, 4) is 5.75 Å². The molecule has 1 aromatic heterocycles. The van der Waals surface area contributed by atoms with E-state index in [0.29, 0.717) is 23.0 Å². The third-order valence-corrected chi connectivity index (χ3v) is 6.23. The third-order valence-electron chi connectivity index (χ3n) is 5.01. The molecule has 0 aliphatic rings. The zero-order valence-electron chi connectivity index (χ0n) is 17.6. The molecule has 0 saturated heterocycles. The second-order valence-electron chi connectivity index (χ2n) is 6.75. The first-order valence-electron chi connectivity index (χ1n) is 9.72. The molecule has 5 nitrogen and oxygen atoms in total. The number of carbonyl (C=O) groups is 1. The van der Waals surface area contributed by atoms with Crippen molar-refractivity contribution in [2.24, 2.45) is 0 Å². The van der Waals surface area contributed by atoms with E-state index in [-0.39, 0.29) is 24.1 Å². The molecule has 0 unspecified atom stereocenters. The average Bonchev–Trinajstić information content (AvgIpc) is 3.18. The number of aryl methyl sites for hydroxylation is 1.